The van der Waals surface area contributed by atoms with Crippen LogP contribution < -0.4 is 15.5 Å². The quantitative estimate of drug-likeness (QED) is 0.658. The normalized spacial score (nSPS) is 15.6. The molecule has 0 heterocycles. The van der Waals surface area contributed by atoms with Crippen LogP contribution in [-0.2, 0) is 11.3 Å². The van der Waals surface area contributed by atoms with Crippen molar-refractivity contribution in [3.8, 4) is 0 Å². The summed E-state index contributed by atoms with van der Waals surface area (Å²) in [6.07, 6.45) is 5.09. The van der Waals surface area contributed by atoms with Crippen molar-refractivity contribution in [1.82, 2.24) is 10.2 Å². The molecule has 0 saturated heterocycles. The summed E-state index contributed by atoms with van der Waals surface area (Å²) >= 11 is 0. The van der Waals surface area contributed by atoms with E-state index in [1.54, 1.807) is 0 Å². The maximum absolute atomic E-state index is 13.0. The maximum Gasteiger partial charge on any atom is 0.318 e. The lowest BCUT2D eigenvalue weighted by atomic mass is 10.1. The van der Waals surface area contributed by atoms with Crippen molar-refractivity contribution < 1.29 is 9.59 Å². The number of carbonyl (C=O) groups is 2. The van der Waals surface area contributed by atoms with Gasteiger partial charge in [0.05, 0.1) is 0 Å². The van der Waals surface area contributed by atoms with Crippen LogP contribution in [0.3, 0.4) is 0 Å². The molecule has 3 amide bonds. The van der Waals surface area contributed by atoms with E-state index in [9.17, 15) is 9.59 Å². The lowest BCUT2D eigenvalue weighted by molar-refractivity contribution is -0.119. The Kier molecular flexibility index (Phi) is 8.16. The van der Waals surface area contributed by atoms with Crippen LogP contribution in [0.15, 0.2) is 18.2 Å². The third-order valence-electron chi connectivity index (χ3n) is 5.76. The van der Waals surface area contributed by atoms with Crippen LogP contribution in [0.2, 0.25) is 0 Å². The summed E-state index contributed by atoms with van der Waals surface area (Å²) in [7, 11) is 4.00. The van der Waals surface area contributed by atoms with E-state index < -0.39 is 0 Å². The highest BCUT2D eigenvalue weighted by atomic mass is 16.2. The van der Waals surface area contributed by atoms with Gasteiger partial charge in [0.25, 0.3) is 0 Å². The maximum atomic E-state index is 13.0. The summed E-state index contributed by atoms with van der Waals surface area (Å²) in [6, 6.07) is 6.02. The van der Waals surface area contributed by atoms with E-state index in [-0.39, 0.29) is 29.4 Å². The fourth-order valence-corrected chi connectivity index (χ4v) is 3.88. The van der Waals surface area contributed by atoms with E-state index >= 15 is 0 Å². The molecule has 1 atom stereocenters. The average molecular weight is 417 g/mol. The van der Waals surface area contributed by atoms with Gasteiger partial charge in [-0.3, -0.25) is 4.79 Å². The number of benzene rings is 1. The molecule has 1 aromatic carbocycles. The molecule has 1 saturated carbocycles. The van der Waals surface area contributed by atoms with Gasteiger partial charge in [0.2, 0.25) is 5.91 Å². The highest BCUT2D eigenvalue weighted by Gasteiger charge is 2.26. The van der Waals surface area contributed by atoms with E-state index in [4.69, 9.17) is 0 Å². The van der Waals surface area contributed by atoms with Gasteiger partial charge in [0, 0.05) is 49.5 Å². The summed E-state index contributed by atoms with van der Waals surface area (Å²) < 4.78 is 0. The second kappa shape index (κ2) is 10.2. The molecule has 1 aliphatic carbocycles. The van der Waals surface area contributed by atoms with Gasteiger partial charge in [-0.1, -0.05) is 19.8 Å². The first-order valence-corrected chi connectivity index (χ1v) is 11.2. The molecule has 0 radical (unpaired) electrons. The fourth-order valence-electron chi connectivity index (χ4n) is 3.88. The van der Waals surface area contributed by atoms with Gasteiger partial charge in [-0.2, -0.15) is 0 Å². The van der Waals surface area contributed by atoms with Gasteiger partial charge in [0.1, 0.15) is 0 Å². The molecule has 1 aliphatic rings. The molecule has 0 bridgehead atoms. The zero-order valence-corrected chi connectivity index (χ0v) is 19.8. The molecule has 1 fully saturated rings. The standard InChI is InChI=1S/C24H40N4O2/c1-8-17(2)28(23(30)26-24(3,4)5)16-19-15-20(13-14-21(19)27(6)7)25-22(29)18-11-9-10-12-18/h13-15,17-18H,8-12,16H2,1-7H3,(H,25,29)(H,26,30). The number of nitrogens with one attached hydrogen (secondary N) is 2. The molecule has 30 heavy (non-hydrogen) atoms. The predicted molar refractivity (Wildman–Crippen MR) is 125 cm³/mol. The first-order valence-electron chi connectivity index (χ1n) is 11.2. The first kappa shape index (κ1) is 24.0. The Morgan fingerprint density at radius 1 is 1.17 bits per heavy atom. The van der Waals surface area contributed by atoms with Crippen LogP contribution in [0.4, 0.5) is 16.2 Å². The molecule has 1 aromatic rings. The van der Waals surface area contributed by atoms with Gasteiger partial charge in [0.15, 0.2) is 0 Å². The van der Waals surface area contributed by atoms with Gasteiger partial charge < -0.3 is 20.4 Å². The summed E-state index contributed by atoms with van der Waals surface area (Å²) in [5, 5.41) is 6.19. The lowest BCUT2D eigenvalue weighted by Gasteiger charge is -2.33. The van der Waals surface area contributed by atoms with Crippen LogP contribution in [-0.4, -0.2) is 42.5 Å². The van der Waals surface area contributed by atoms with Crippen LogP contribution in [0.25, 0.3) is 0 Å². The molecular formula is C24H40N4O2. The van der Waals surface area contributed by atoms with Crippen LogP contribution >= 0.6 is 0 Å². The topological polar surface area (TPSA) is 64.7 Å². The van der Waals surface area contributed by atoms with Crippen molar-refractivity contribution >= 4 is 23.3 Å². The van der Waals surface area contributed by atoms with Crippen LogP contribution in [0, 0.1) is 5.92 Å². The van der Waals surface area contributed by atoms with Crippen molar-refractivity contribution in [3.63, 3.8) is 0 Å². The highest BCUT2D eigenvalue weighted by Crippen LogP contribution is 2.29. The fraction of sp³-hybridized carbons (Fsp3) is 0.667. The zero-order valence-electron chi connectivity index (χ0n) is 19.8. The van der Waals surface area contributed by atoms with Gasteiger partial charge in [-0.05, 0) is 70.7 Å². The second-order valence-electron chi connectivity index (χ2n) is 9.77. The summed E-state index contributed by atoms with van der Waals surface area (Å²) in [6.45, 7) is 10.6. The molecule has 1 unspecified atom stereocenters. The molecule has 6 nitrogen and oxygen atoms in total. The molecular weight excluding hydrogens is 376 g/mol. The summed E-state index contributed by atoms with van der Waals surface area (Å²) in [5.41, 5.74) is 2.57. The highest BCUT2D eigenvalue weighted by molar-refractivity contribution is 5.93. The van der Waals surface area contributed by atoms with Gasteiger partial charge >= 0.3 is 6.03 Å². The minimum atomic E-state index is -0.301. The number of hydrogen-bond donors (Lipinski definition) is 2. The number of hydrogen-bond acceptors (Lipinski definition) is 3. The minimum Gasteiger partial charge on any atom is -0.377 e. The number of nitrogens with zero attached hydrogens (tertiary/aromatic N) is 2. The third kappa shape index (κ3) is 6.64. The Bertz CT molecular complexity index is 733. The molecule has 0 spiro atoms. The first-order chi connectivity index (χ1) is 14.0. The Morgan fingerprint density at radius 3 is 2.33 bits per heavy atom. The van der Waals surface area contributed by atoms with Crippen molar-refractivity contribution in [1.29, 1.82) is 0 Å². The molecule has 6 heteroatoms. The second-order valence-corrected chi connectivity index (χ2v) is 9.77. The SMILES string of the molecule is CCC(C)N(Cc1cc(NC(=O)C2CCCC2)ccc1N(C)C)C(=O)NC(C)(C)C. The van der Waals surface area contributed by atoms with Gasteiger partial charge in [-0.25, -0.2) is 4.79 Å². The Morgan fingerprint density at radius 2 is 1.80 bits per heavy atom. The van der Waals surface area contributed by atoms with Gasteiger partial charge in [-0.15, -0.1) is 0 Å². The van der Waals surface area contributed by atoms with Crippen molar-refractivity contribution in [3.05, 3.63) is 23.8 Å². The third-order valence-corrected chi connectivity index (χ3v) is 5.76. The smallest absolute Gasteiger partial charge is 0.318 e. The lowest BCUT2D eigenvalue weighted by Crippen LogP contribution is -2.51. The van der Waals surface area contributed by atoms with Crippen LogP contribution in [0.1, 0.15) is 72.3 Å². The van der Waals surface area contributed by atoms with E-state index in [1.807, 2.05) is 62.9 Å². The van der Waals surface area contributed by atoms with Crippen LogP contribution in [0.5, 0.6) is 0 Å². The largest absolute Gasteiger partial charge is 0.377 e. The summed E-state index contributed by atoms with van der Waals surface area (Å²) in [5.74, 6) is 0.233. The molecule has 168 valence electrons. The Hall–Kier alpha value is -2.24. The number of anilines is 2. The van der Waals surface area contributed by atoms with Crippen molar-refractivity contribution in [2.45, 2.75) is 84.8 Å². The van der Waals surface area contributed by atoms with E-state index in [2.05, 4.69) is 24.5 Å². The average Bonchev–Trinajstić information content (AvgIpc) is 3.18. The Labute approximate surface area is 182 Å². The Balaban J connectivity index is 2.28. The number of urea groups is 1. The monoisotopic (exact) mass is 416 g/mol. The molecule has 0 aliphatic heterocycles. The van der Waals surface area contributed by atoms with E-state index in [1.165, 1.54) is 0 Å². The molecule has 0 aromatic heterocycles. The van der Waals surface area contributed by atoms with E-state index in [0.29, 0.717) is 6.54 Å². The van der Waals surface area contributed by atoms with Crippen molar-refractivity contribution in [2.75, 3.05) is 24.3 Å². The zero-order chi connectivity index (χ0) is 22.5. The molecule has 2 rings (SSSR count). The molecule has 2 N–H and O–H groups in total. The predicted octanol–water partition coefficient (Wildman–Crippen LogP) is 4.99. The van der Waals surface area contributed by atoms with E-state index in [0.717, 1.165) is 49.0 Å². The minimum absolute atomic E-state index is 0.0676. The number of rotatable bonds is 7. The number of carbonyl (C=O) groups excluding carboxylic acids is 2. The summed E-state index contributed by atoms with van der Waals surface area (Å²) in [4.78, 5) is 29.5. The number of amides is 3. The van der Waals surface area contributed by atoms with Crippen molar-refractivity contribution in [2.24, 2.45) is 5.92 Å².